The average Bonchev–Trinajstić information content (AvgIpc) is 3.21. The summed E-state index contributed by atoms with van der Waals surface area (Å²) in [4.78, 5) is 22.6. The molecule has 1 aromatic carbocycles. The fourth-order valence-electron chi connectivity index (χ4n) is 4.18. The number of aryl methyl sites for hydroxylation is 2. The molecule has 0 radical (unpaired) electrons. The Morgan fingerprint density at radius 1 is 1.29 bits per heavy atom. The van der Waals surface area contributed by atoms with Crippen molar-refractivity contribution >= 4 is 16.9 Å². The van der Waals surface area contributed by atoms with Crippen molar-refractivity contribution in [2.24, 2.45) is 5.41 Å². The largest absolute Gasteiger partial charge is 0.343 e. The number of rotatable bonds is 3. The summed E-state index contributed by atoms with van der Waals surface area (Å²) in [6, 6.07) is 6.14. The van der Waals surface area contributed by atoms with E-state index in [4.69, 9.17) is 0 Å². The number of aromatic nitrogens is 2. The van der Waals surface area contributed by atoms with Crippen molar-refractivity contribution in [3.8, 4) is 0 Å². The Kier molecular flexibility index (Phi) is 4.04. The molecule has 2 aliphatic heterocycles. The monoisotopic (exact) mass is 326 g/mol. The molecule has 5 nitrogen and oxygen atoms in total. The Morgan fingerprint density at radius 3 is 2.83 bits per heavy atom. The topological polar surface area (TPSA) is 61.0 Å². The van der Waals surface area contributed by atoms with E-state index in [9.17, 15) is 4.79 Å². The molecule has 0 saturated carbocycles. The molecule has 0 aliphatic carbocycles. The molecule has 128 valence electrons. The molecule has 2 aliphatic rings. The van der Waals surface area contributed by atoms with Crippen LogP contribution in [0.4, 0.5) is 0 Å². The molecule has 3 heterocycles. The molecule has 2 saturated heterocycles. The van der Waals surface area contributed by atoms with Crippen LogP contribution in [0.1, 0.15) is 37.1 Å². The predicted molar refractivity (Wildman–Crippen MR) is 94.9 cm³/mol. The number of aromatic amines is 1. The minimum absolute atomic E-state index is 0.271. The summed E-state index contributed by atoms with van der Waals surface area (Å²) >= 11 is 0. The minimum atomic E-state index is 0.271. The minimum Gasteiger partial charge on any atom is -0.343 e. The number of H-pyrrole nitrogens is 1. The number of likely N-dealkylation sites (tertiary alicyclic amines) is 1. The zero-order valence-corrected chi connectivity index (χ0v) is 14.4. The third-order valence-corrected chi connectivity index (χ3v) is 5.85. The summed E-state index contributed by atoms with van der Waals surface area (Å²) in [6.07, 6.45) is 4.80. The maximum absolute atomic E-state index is 12.5. The highest BCUT2D eigenvalue weighted by atomic mass is 16.2. The summed E-state index contributed by atoms with van der Waals surface area (Å²) in [5.41, 5.74) is 3.72. The van der Waals surface area contributed by atoms with Crippen LogP contribution >= 0.6 is 0 Å². The van der Waals surface area contributed by atoms with Gasteiger partial charge in [0.05, 0.1) is 11.0 Å². The van der Waals surface area contributed by atoms with Crippen LogP contribution in [0.25, 0.3) is 11.0 Å². The number of amides is 1. The molecule has 1 aromatic heterocycles. The summed E-state index contributed by atoms with van der Waals surface area (Å²) < 4.78 is 0. The van der Waals surface area contributed by atoms with Crippen molar-refractivity contribution in [1.29, 1.82) is 0 Å². The van der Waals surface area contributed by atoms with Crippen molar-refractivity contribution in [3.63, 3.8) is 0 Å². The van der Waals surface area contributed by atoms with E-state index in [-0.39, 0.29) is 5.91 Å². The third kappa shape index (κ3) is 2.93. The van der Waals surface area contributed by atoms with E-state index < -0.39 is 0 Å². The maximum atomic E-state index is 12.5. The Bertz CT molecular complexity index is 735. The molecule has 0 bridgehead atoms. The normalized spacial score (nSPS) is 20.1. The Labute approximate surface area is 142 Å². The lowest BCUT2D eigenvalue weighted by molar-refractivity contribution is -0.133. The number of hydrogen-bond acceptors (Lipinski definition) is 3. The van der Waals surface area contributed by atoms with Crippen molar-refractivity contribution in [2.45, 2.75) is 39.0 Å². The molecule has 4 rings (SSSR count). The molecule has 2 fully saturated rings. The second-order valence-corrected chi connectivity index (χ2v) is 7.46. The second-order valence-electron chi connectivity index (χ2n) is 7.46. The second kappa shape index (κ2) is 6.20. The van der Waals surface area contributed by atoms with Crippen molar-refractivity contribution < 1.29 is 4.79 Å². The van der Waals surface area contributed by atoms with Crippen LogP contribution in [0.5, 0.6) is 0 Å². The highest BCUT2D eigenvalue weighted by Crippen LogP contribution is 2.37. The van der Waals surface area contributed by atoms with E-state index in [1.165, 1.54) is 12.0 Å². The lowest BCUT2D eigenvalue weighted by atomic mass is 9.78. The number of hydrogen-bond donors (Lipinski definition) is 2. The first kappa shape index (κ1) is 15.6. The number of nitrogens with one attached hydrogen (secondary N) is 2. The van der Waals surface area contributed by atoms with Crippen LogP contribution in [-0.4, -0.2) is 47.0 Å². The summed E-state index contributed by atoms with van der Waals surface area (Å²) in [5, 5.41) is 3.47. The molecule has 2 aromatic rings. The number of nitrogens with zero attached hydrogens (tertiary/aromatic N) is 2. The Morgan fingerprint density at radius 2 is 2.12 bits per heavy atom. The lowest BCUT2D eigenvalue weighted by Gasteiger charge is -2.38. The van der Waals surface area contributed by atoms with Gasteiger partial charge in [-0.2, -0.15) is 0 Å². The Hall–Kier alpha value is -1.88. The number of fused-ring (bicyclic) bond motifs is 1. The van der Waals surface area contributed by atoms with Gasteiger partial charge < -0.3 is 15.2 Å². The standard InChI is InChI=1S/C19H26N4O/c1-14-3-2-4-15-18(14)22-16(21-15)5-6-17(24)23-11-8-19(9-12-23)7-10-20-13-19/h2-4,20H,5-13H2,1H3,(H,21,22). The number of piperidine rings is 1. The van der Waals surface area contributed by atoms with Crippen molar-refractivity contribution in [3.05, 3.63) is 29.6 Å². The quantitative estimate of drug-likeness (QED) is 0.910. The maximum Gasteiger partial charge on any atom is 0.223 e. The molecule has 5 heteroatoms. The Balaban J connectivity index is 1.34. The summed E-state index contributed by atoms with van der Waals surface area (Å²) in [5.74, 6) is 1.19. The van der Waals surface area contributed by atoms with Crippen molar-refractivity contribution in [2.75, 3.05) is 26.2 Å². The zero-order valence-electron chi connectivity index (χ0n) is 14.4. The highest BCUT2D eigenvalue weighted by Gasteiger charge is 2.37. The molecule has 0 unspecified atom stereocenters. The van der Waals surface area contributed by atoms with Crippen molar-refractivity contribution in [1.82, 2.24) is 20.2 Å². The van der Waals surface area contributed by atoms with Gasteiger partial charge in [0.25, 0.3) is 0 Å². The van der Waals surface area contributed by atoms with Crippen LogP contribution in [0.2, 0.25) is 0 Å². The van der Waals surface area contributed by atoms with Crippen LogP contribution in [0.3, 0.4) is 0 Å². The number of imidazole rings is 1. The first-order chi connectivity index (χ1) is 11.7. The molecule has 0 atom stereocenters. The number of carbonyl (C=O) groups excluding carboxylic acids is 1. The van der Waals surface area contributed by atoms with E-state index >= 15 is 0 Å². The fourth-order valence-corrected chi connectivity index (χ4v) is 4.18. The zero-order chi connectivity index (χ0) is 16.6. The van der Waals surface area contributed by atoms with Gasteiger partial charge in [-0.25, -0.2) is 4.98 Å². The van der Waals surface area contributed by atoms with Gasteiger partial charge in [0.15, 0.2) is 0 Å². The van der Waals surface area contributed by atoms with Gasteiger partial charge in [-0.05, 0) is 49.8 Å². The van der Waals surface area contributed by atoms with Gasteiger partial charge in [-0.3, -0.25) is 4.79 Å². The SMILES string of the molecule is Cc1cccc2[nH]c(CCC(=O)N3CCC4(CCNC4)CC3)nc12. The van der Waals surface area contributed by atoms with E-state index in [1.54, 1.807) is 0 Å². The molecule has 2 N–H and O–H groups in total. The van der Waals surface area contributed by atoms with Gasteiger partial charge in [0.1, 0.15) is 5.82 Å². The van der Waals surface area contributed by atoms with Crippen LogP contribution in [0, 0.1) is 12.3 Å². The molecular formula is C19H26N4O. The van der Waals surface area contributed by atoms with Gasteiger partial charge >= 0.3 is 0 Å². The molecule has 1 amide bonds. The van der Waals surface area contributed by atoms with Crippen LogP contribution < -0.4 is 5.32 Å². The third-order valence-electron chi connectivity index (χ3n) is 5.85. The number of carbonyl (C=O) groups is 1. The van der Waals surface area contributed by atoms with Gasteiger partial charge in [-0.1, -0.05) is 12.1 Å². The highest BCUT2D eigenvalue weighted by molar-refractivity contribution is 5.79. The van der Waals surface area contributed by atoms with E-state index in [1.807, 2.05) is 12.1 Å². The number of benzene rings is 1. The fraction of sp³-hybridized carbons (Fsp3) is 0.579. The lowest BCUT2D eigenvalue weighted by Crippen LogP contribution is -2.44. The van der Waals surface area contributed by atoms with E-state index in [0.29, 0.717) is 18.3 Å². The smallest absolute Gasteiger partial charge is 0.223 e. The van der Waals surface area contributed by atoms with E-state index in [0.717, 1.165) is 55.9 Å². The summed E-state index contributed by atoms with van der Waals surface area (Å²) in [6.45, 7) is 6.17. The molecular weight excluding hydrogens is 300 g/mol. The first-order valence-electron chi connectivity index (χ1n) is 9.08. The van der Waals surface area contributed by atoms with Crippen LogP contribution in [0.15, 0.2) is 18.2 Å². The van der Waals surface area contributed by atoms with Gasteiger partial charge in [0, 0.05) is 32.5 Å². The number of para-hydroxylation sites is 1. The first-order valence-corrected chi connectivity index (χ1v) is 9.08. The van der Waals surface area contributed by atoms with Gasteiger partial charge in [-0.15, -0.1) is 0 Å². The molecule has 24 heavy (non-hydrogen) atoms. The van der Waals surface area contributed by atoms with Gasteiger partial charge in [0.2, 0.25) is 5.91 Å². The average molecular weight is 326 g/mol. The van der Waals surface area contributed by atoms with E-state index in [2.05, 4.69) is 33.2 Å². The van der Waals surface area contributed by atoms with Crippen LogP contribution in [-0.2, 0) is 11.2 Å². The predicted octanol–water partition coefficient (Wildman–Crippen LogP) is 2.41. The summed E-state index contributed by atoms with van der Waals surface area (Å²) in [7, 11) is 0. The molecule has 1 spiro atoms.